The van der Waals surface area contributed by atoms with Gasteiger partial charge in [-0.1, -0.05) is 29.8 Å². The number of anilines is 1. The van der Waals surface area contributed by atoms with Gasteiger partial charge >= 0.3 is 6.18 Å². The van der Waals surface area contributed by atoms with Crippen molar-refractivity contribution in [3.63, 3.8) is 0 Å². The molecule has 1 aliphatic heterocycles. The van der Waals surface area contributed by atoms with E-state index in [-0.39, 0.29) is 23.4 Å². The number of hydrogen-bond acceptors (Lipinski definition) is 3. The number of halogens is 4. The molecule has 1 heterocycles. The topological polar surface area (TPSA) is 44.7 Å². The van der Waals surface area contributed by atoms with Gasteiger partial charge in [-0.05, 0) is 54.9 Å². The minimum atomic E-state index is -4.58. The average Bonchev–Trinajstić information content (AvgIpc) is 2.68. The lowest BCUT2D eigenvalue weighted by Crippen LogP contribution is -2.46. The molecule has 1 aliphatic rings. The van der Waals surface area contributed by atoms with E-state index >= 15 is 0 Å². The number of rotatable bonds is 3. The second kappa shape index (κ2) is 8.38. The quantitative estimate of drug-likeness (QED) is 0.649. The molecule has 3 rings (SSSR count). The van der Waals surface area contributed by atoms with E-state index in [0.717, 1.165) is 6.07 Å². The lowest BCUT2D eigenvalue weighted by molar-refractivity contribution is -0.137. The summed E-state index contributed by atoms with van der Waals surface area (Å²) in [5.41, 5.74) is -1.40. The molecule has 2 N–H and O–H groups in total. The number of alkyl halides is 3. The van der Waals surface area contributed by atoms with Crippen LogP contribution in [0.15, 0.2) is 42.5 Å². The van der Waals surface area contributed by atoms with Gasteiger partial charge in [0.2, 0.25) is 0 Å². The zero-order chi connectivity index (χ0) is 21.2. The van der Waals surface area contributed by atoms with Gasteiger partial charge in [-0.25, -0.2) is 0 Å². The third-order valence-corrected chi connectivity index (χ3v) is 5.73. The molecule has 0 radical (unpaired) electrons. The first-order chi connectivity index (χ1) is 13.6. The zero-order valence-corrected chi connectivity index (χ0v) is 17.2. The van der Waals surface area contributed by atoms with Gasteiger partial charge < -0.3 is 20.1 Å². The molecule has 1 saturated heterocycles. The Balaban J connectivity index is 1.70. The standard InChI is InChI=1S/C20H20ClF3N2O2S/c1-28-17-5-3-2-4-16(17)25-18(29)26-10-8-19(27,9-11-26)13-6-7-15(21)14(12-13)20(22,23)24/h2-7,12,27H,8-11H2,1H3,(H,25,29). The van der Waals surface area contributed by atoms with E-state index in [0.29, 0.717) is 29.6 Å². The van der Waals surface area contributed by atoms with Crippen LogP contribution in [0, 0.1) is 0 Å². The highest BCUT2D eigenvalue weighted by Gasteiger charge is 2.38. The van der Waals surface area contributed by atoms with Crippen molar-refractivity contribution in [3.8, 4) is 5.75 Å². The molecule has 0 aliphatic carbocycles. The predicted octanol–water partition coefficient (Wildman–Crippen LogP) is 5.05. The molecule has 0 atom stereocenters. The van der Waals surface area contributed by atoms with Gasteiger partial charge in [-0.2, -0.15) is 13.2 Å². The maximum Gasteiger partial charge on any atom is 0.417 e. The maximum atomic E-state index is 13.1. The van der Waals surface area contributed by atoms with E-state index in [4.69, 9.17) is 28.6 Å². The molecule has 2 aromatic rings. The van der Waals surface area contributed by atoms with E-state index in [1.807, 2.05) is 23.1 Å². The molecule has 4 nitrogen and oxygen atoms in total. The van der Waals surface area contributed by atoms with Crippen LogP contribution < -0.4 is 10.1 Å². The number of thiocarbonyl (C=S) groups is 1. The molecule has 2 aromatic carbocycles. The first-order valence-corrected chi connectivity index (χ1v) is 9.71. The van der Waals surface area contributed by atoms with Gasteiger partial charge in [0.25, 0.3) is 0 Å². The van der Waals surface area contributed by atoms with Gasteiger partial charge in [0.05, 0.1) is 29.0 Å². The second-order valence-corrected chi connectivity index (χ2v) is 7.64. The summed E-state index contributed by atoms with van der Waals surface area (Å²) in [7, 11) is 1.56. The smallest absolute Gasteiger partial charge is 0.417 e. The molecule has 0 saturated carbocycles. The van der Waals surface area contributed by atoms with Crippen molar-refractivity contribution in [2.45, 2.75) is 24.6 Å². The summed E-state index contributed by atoms with van der Waals surface area (Å²) in [6, 6.07) is 10.9. The summed E-state index contributed by atoms with van der Waals surface area (Å²) >= 11 is 11.1. The zero-order valence-electron chi connectivity index (χ0n) is 15.6. The van der Waals surface area contributed by atoms with Crippen molar-refractivity contribution in [2.24, 2.45) is 0 Å². The number of benzene rings is 2. The van der Waals surface area contributed by atoms with Crippen LogP contribution in [0.5, 0.6) is 5.75 Å². The first-order valence-electron chi connectivity index (χ1n) is 8.92. The fourth-order valence-electron chi connectivity index (χ4n) is 3.34. The lowest BCUT2D eigenvalue weighted by atomic mass is 9.84. The maximum absolute atomic E-state index is 13.1. The van der Waals surface area contributed by atoms with Crippen LogP contribution in [0.2, 0.25) is 5.02 Å². The second-order valence-electron chi connectivity index (χ2n) is 6.84. The third kappa shape index (κ3) is 4.76. The molecule has 0 unspecified atom stereocenters. The Bertz CT molecular complexity index is 900. The Hall–Kier alpha value is -2.03. The lowest BCUT2D eigenvalue weighted by Gasteiger charge is -2.40. The first kappa shape index (κ1) is 21.7. The molecule has 0 bridgehead atoms. The number of nitrogens with one attached hydrogen (secondary N) is 1. The number of piperidine rings is 1. The van der Waals surface area contributed by atoms with E-state index < -0.39 is 17.3 Å². The number of aliphatic hydroxyl groups is 1. The van der Waals surface area contributed by atoms with Crippen LogP contribution in [0.25, 0.3) is 0 Å². The minimum Gasteiger partial charge on any atom is -0.495 e. The number of para-hydroxylation sites is 2. The Kier molecular flexibility index (Phi) is 6.26. The summed E-state index contributed by atoms with van der Waals surface area (Å²) in [4.78, 5) is 1.87. The Labute approximate surface area is 177 Å². The Morgan fingerprint density at radius 3 is 2.48 bits per heavy atom. The highest BCUT2D eigenvalue weighted by Crippen LogP contribution is 2.40. The Morgan fingerprint density at radius 1 is 1.21 bits per heavy atom. The number of nitrogens with zero attached hydrogens (tertiary/aromatic N) is 1. The number of likely N-dealkylation sites (tertiary alicyclic amines) is 1. The number of methoxy groups -OCH3 is 1. The molecule has 29 heavy (non-hydrogen) atoms. The van der Waals surface area contributed by atoms with Crippen LogP contribution in [0.3, 0.4) is 0 Å². The van der Waals surface area contributed by atoms with Crippen molar-refractivity contribution in [1.82, 2.24) is 4.90 Å². The van der Waals surface area contributed by atoms with Crippen molar-refractivity contribution < 1.29 is 23.0 Å². The molecule has 0 spiro atoms. The molecular formula is C20H20ClF3N2O2S. The number of hydrogen-bond donors (Lipinski definition) is 2. The Morgan fingerprint density at radius 2 is 1.86 bits per heavy atom. The molecule has 156 valence electrons. The highest BCUT2D eigenvalue weighted by atomic mass is 35.5. The summed E-state index contributed by atoms with van der Waals surface area (Å²) < 4.78 is 44.7. The summed E-state index contributed by atoms with van der Waals surface area (Å²) in [6.45, 7) is 0.781. The van der Waals surface area contributed by atoms with Crippen molar-refractivity contribution in [2.75, 3.05) is 25.5 Å². The van der Waals surface area contributed by atoms with E-state index in [9.17, 15) is 18.3 Å². The van der Waals surface area contributed by atoms with Gasteiger partial charge in [0.15, 0.2) is 5.11 Å². The van der Waals surface area contributed by atoms with Gasteiger partial charge in [0.1, 0.15) is 5.75 Å². The fourth-order valence-corrected chi connectivity index (χ4v) is 3.86. The van der Waals surface area contributed by atoms with Crippen LogP contribution in [0.4, 0.5) is 18.9 Å². The molecular weight excluding hydrogens is 425 g/mol. The minimum absolute atomic E-state index is 0.206. The van der Waals surface area contributed by atoms with Crippen LogP contribution in [0.1, 0.15) is 24.0 Å². The molecule has 0 amide bonds. The predicted molar refractivity (Wildman–Crippen MR) is 110 cm³/mol. The normalized spacial score (nSPS) is 16.4. The molecule has 0 aromatic heterocycles. The van der Waals surface area contributed by atoms with Gasteiger partial charge in [0, 0.05) is 13.1 Å². The summed E-state index contributed by atoms with van der Waals surface area (Å²) in [5.74, 6) is 0.643. The van der Waals surface area contributed by atoms with Crippen molar-refractivity contribution in [1.29, 1.82) is 0 Å². The summed E-state index contributed by atoms with van der Waals surface area (Å²) in [6.07, 6.45) is -4.11. The van der Waals surface area contributed by atoms with E-state index in [2.05, 4.69) is 5.32 Å². The third-order valence-electron chi connectivity index (χ3n) is 5.04. The fraction of sp³-hybridized carbons (Fsp3) is 0.350. The van der Waals surface area contributed by atoms with Crippen LogP contribution >= 0.6 is 23.8 Å². The average molecular weight is 445 g/mol. The van der Waals surface area contributed by atoms with Crippen LogP contribution in [-0.2, 0) is 11.8 Å². The summed E-state index contributed by atoms with van der Waals surface area (Å²) in [5, 5.41) is 14.2. The largest absolute Gasteiger partial charge is 0.495 e. The SMILES string of the molecule is COc1ccccc1NC(=S)N1CCC(O)(c2ccc(Cl)c(C(F)(F)F)c2)CC1. The molecule has 9 heteroatoms. The molecule has 1 fully saturated rings. The van der Waals surface area contributed by atoms with E-state index in [1.54, 1.807) is 13.2 Å². The van der Waals surface area contributed by atoms with Gasteiger partial charge in [-0.15, -0.1) is 0 Å². The van der Waals surface area contributed by atoms with Crippen LogP contribution in [-0.4, -0.2) is 35.3 Å². The number of ether oxygens (including phenoxy) is 1. The van der Waals surface area contributed by atoms with E-state index in [1.165, 1.54) is 12.1 Å². The highest BCUT2D eigenvalue weighted by molar-refractivity contribution is 7.80. The van der Waals surface area contributed by atoms with Gasteiger partial charge in [-0.3, -0.25) is 0 Å². The monoisotopic (exact) mass is 444 g/mol. The van der Waals surface area contributed by atoms with Crippen molar-refractivity contribution >= 4 is 34.6 Å². The van der Waals surface area contributed by atoms with Crippen molar-refractivity contribution in [3.05, 3.63) is 58.6 Å².